The van der Waals surface area contributed by atoms with Gasteiger partial charge in [0.05, 0.1) is 5.56 Å². The molecule has 0 saturated heterocycles. The SMILES string of the molecule is CC(C)Nc1cc2ccccc2cc1C(=O)O. The molecule has 0 bridgehead atoms. The molecular weight excluding hydrogens is 214 g/mol. The number of nitrogens with one attached hydrogen (secondary N) is 1. The highest BCUT2D eigenvalue weighted by Crippen LogP contribution is 2.24. The predicted octanol–water partition coefficient (Wildman–Crippen LogP) is 3.36. The standard InChI is InChI=1S/C14H15NO2/c1-9(2)15-13-8-11-6-4-3-5-10(11)7-12(13)14(16)17/h3-9,15H,1-2H3,(H,16,17). The van der Waals surface area contributed by atoms with Gasteiger partial charge in [-0.3, -0.25) is 0 Å². The lowest BCUT2D eigenvalue weighted by atomic mass is 10.0. The number of hydrogen-bond donors (Lipinski definition) is 2. The number of fused-ring (bicyclic) bond motifs is 1. The second kappa shape index (κ2) is 4.45. The minimum Gasteiger partial charge on any atom is -0.478 e. The number of hydrogen-bond acceptors (Lipinski definition) is 2. The first-order valence-electron chi connectivity index (χ1n) is 5.60. The van der Waals surface area contributed by atoms with Crippen LogP contribution >= 0.6 is 0 Å². The minimum absolute atomic E-state index is 0.203. The lowest BCUT2D eigenvalue weighted by molar-refractivity contribution is 0.0698. The number of carbonyl (C=O) groups is 1. The van der Waals surface area contributed by atoms with Gasteiger partial charge in [-0.05, 0) is 36.8 Å². The van der Waals surface area contributed by atoms with Crippen molar-refractivity contribution in [1.29, 1.82) is 0 Å². The van der Waals surface area contributed by atoms with Crippen LogP contribution in [0.3, 0.4) is 0 Å². The van der Waals surface area contributed by atoms with Crippen LogP contribution in [-0.2, 0) is 0 Å². The van der Waals surface area contributed by atoms with Gasteiger partial charge in [0.1, 0.15) is 0 Å². The van der Waals surface area contributed by atoms with Crippen LogP contribution in [0.5, 0.6) is 0 Å². The van der Waals surface area contributed by atoms with Gasteiger partial charge in [0.25, 0.3) is 0 Å². The van der Waals surface area contributed by atoms with Gasteiger partial charge in [0.15, 0.2) is 0 Å². The van der Waals surface area contributed by atoms with Crippen molar-refractivity contribution < 1.29 is 9.90 Å². The van der Waals surface area contributed by atoms with E-state index in [1.54, 1.807) is 6.07 Å². The highest BCUT2D eigenvalue weighted by atomic mass is 16.4. The molecular formula is C14H15NO2. The normalized spacial score (nSPS) is 10.8. The van der Waals surface area contributed by atoms with E-state index in [1.165, 1.54) is 0 Å². The average molecular weight is 229 g/mol. The Bertz CT molecular complexity index is 561. The van der Waals surface area contributed by atoms with Crippen LogP contribution in [0.15, 0.2) is 36.4 Å². The quantitative estimate of drug-likeness (QED) is 0.848. The van der Waals surface area contributed by atoms with Crippen molar-refractivity contribution in [2.45, 2.75) is 19.9 Å². The van der Waals surface area contributed by atoms with Crippen molar-refractivity contribution in [1.82, 2.24) is 0 Å². The van der Waals surface area contributed by atoms with E-state index in [4.69, 9.17) is 0 Å². The zero-order chi connectivity index (χ0) is 12.4. The summed E-state index contributed by atoms with van der Waals surface area (Å²) in [5.74, 6) is -0.904. The topological polar surface area (TPSA) is 49.3 Å². The average Bonchev–Trinajstić information content (AvgIpc) is 2.27. The smallest absolute Gasteiger partial charge is 0.337 e. The molecule has 17 heavy (non-hydrogen) atoms. The van der Waals surface area contributed by atoms with E-state index >= 15 is 0 Å². The lowest BCUT2D eigenvalue weighted by Gasteiger charge is -2.13. The predicted molar refractivity (Wildman–Crippen MR) is 69.7 cm³/mol. The van der Waals surface area contributed by atoms with Gasteiger partial charge < -0.3 is 10.4 Å². The molecule has 0 saturated carbocycles. The number of rotatable bonds is 3. The Morgan fingerprint density at radius 1 is 1.18 bits per heavy atom. The molecule has 0 aliphatic heterocycles. The molecule has 0 unspecified atom stereocenters. The van der Waals surface area contributed by atoms with E-state index in [9.17, 15) is 9.90 Å². The van der Waals surface area contributed by atoms with E-state index < -0.39 is 5.97 Å². The molecule has 2 aromatic rings. The van der Waals surface area contributed by atoms with Crippen LogP contribution in [0.25, 0.3) is 10.8 Å². The molecule has 3 heteroatoms. The Kier molecular flexibility index (Phi) is 3.00. The van der Waals surface area contributed by atoms with Crippen molar-refractivity contribution >= 4 is 22.4 Å². The molecule has 2 N–H and O–H groups in total. The summed E-state index contributed by atoms with van der Waals surface area (Å²) in [6, 6.07) is 11.6. The van der Waals surface area contributed by atoms with Gasteiger partial charge in [0, 0.05) is 11.7 Å². The zero-order valence-corrected chi connectivity index (χ0v) is 9.90. The molecule has 0 heterocycles. The van der Waals surface area contributed by atoms with Crippen LogP contribution in [0.4, 0.5) is 5.69 Å². The maximum Gasteiger partial charge on any atom is 0.337 e. The highest BCUT2D eigenvalue weighted by Gasteiger charge is 2.11. The summed E-state index contributed by atoms with van der Waals surface area (Å²) in [6.07, 6.45) is 0. The number of anilines is 1. The van der Waals surface area contributed by atoms with Crippen molar-refractivity contribution in [3.8, 4) is 0 Å². The van der Waals surface area contributed by atoms with Gasteiger partial charge in [-0.15, -0.1) is 0 Å². The summed E-state index contributed by atoms with van der Waals surface area (Å²) in [5.41, 5.74) is 0.989. The van der Waals surface area contributed by atoms with Crippen LogP contribution in [-0.4, -0.2) is 17.1 Å². The molecule has 0 amide bonds. The number of carboxylic acids is 1. The zero-order valence-electron chi connectivity index (χ0n) is 9.90. The Hall–Kier alpha value is -2.03. The van der Waals surface area contributed by atoms with E-state index in [0.29, 0.717) is 11.3 Å². The van der Waals surface area contributed by atoms with E-state index in [0.717, 1.165) is 10.8 Å². The van der Waals surface area contributed by atoms with Gasteiger partial charge >= 0.3 is 5.97 Å². The maximum absolute atomic E-state index is 11.2. The van der Waals surface area contributed by atoms with E-state index in [1.807, 2.05) is 44.2 Å². The summed E-state index contributed by atoms with van der Waals surface area (Å²) >= 11 is 0. The Labute approximate surface area is 100 Å². The summed E-state index contributed by atoms with van der Waals surface area (Å²) in [7, 11) is 0. The molecule has 2 rings (SSSR count). The minimum atomic E-state index is -0.904. The fourth-order valence-electron chi connectivity index (χ4n) is 1.85. The highest BCUT2D eigenvalue weighted by molar-refractivity contribution is 6.00. The van der Waals surface area contributed by atoms with Crippen LogP contribution < -0.4 is 5.32 Å². The molecule has 0 spiro atoms. The fourth-order valence-corrected chi connectivity index (χ4v) is 1.85. The lowest BCUT2D eigenvalue weighted by Crippen LogP contribution is -2.13. The third-order valence-corrected chi connectivity index (χ3v) is 2.56. The molecule has 0 aromatic heterocycles. The molecule has 88 valence electrons. The van der Waals surface area contributed by atoms with Crippen molar-refractivity contribution in [3.63, 3.8) is 0 Å². The number of aromatic carboxylic acids is 1. The monoisotopic (exact) mass is 229 g/mol. The molecule has 0 aliphatic rings. The van der Waals surface area contributed by atoms with Crippen LogP contribution in [0, 0.1) is 0 Å². The van der Waals surface area contributed by atoms with E-state index in [-0.39, 0.29) is 6.04 Å². The first-order valence-corrected chi connectivity index (χ1v) is 5.60. The third kappa shape index (κ3) is 2.38. The molecule has 0 aliphatic carbocycles. The number of benzene rings is 2. The van der Waals surface area contributed by atoms with Crippen LogP contribution in [0.1, 0.15) is 24.2 Å². The van der Waals surface area contributed by atoms with Gasteiger partial charge in [-0.2, -0.15) is 0 Å². The third-order valence-electron chi connectivity index (χ3n) is 2.56. The summed E-state index contributed by atoms with van der Waals surface area (Å²) in [4.78, 5) is 11.2. The second-order valence-electron chi connectivity index (χ2n) is 4.35. The van der Waals surface area contributed by atoms with Crippen molar-refractivity contribution in [3.05, 3.63) is 42.0 Å². The Morgan fingerprint density at radius 2 is 1.76 bits per heavy atom. The maximum atomic E-state index is 11.2. The number of carboxylic acid groups (broad SMARTS) is 1. The van der Waals surface area contributed by atoms with Gasteiger partial charge in [-0.1, -0.05) is 24.3 Å². The molecule has 0 atom stereocenters. The van der Waals surface area contributed by atoms with Gasteiger partial charge in [-0.25, -0.2) is 4.79 Å². The van der Waals surface area contributed by atoms with Crippen molar-refractivity contribution in [2.75, 3.05) is 5.32 Å². The molecule has 2 aromatic carbocycles. The largest absolute Gasteiger partial charge is 0.478 e. The first kappa shape index (κ1) is 11.5. The van der Waals surface area contributed by atoms with Crippen LogP contribution in [0.2, 0.25) is 0 Å². The molecule has 0 radical (unpaired) electrons. The van der Waals surface area contributed by atoms with Crippen molar-refractivity contribution in [2.24, 2.45) is 0 Å². The fraction of sp³-hybridized carbons (Fsp3) is 0.214. The Balaban J connectivity index is 2.62. The summed E-state index contributed by atoms with van der Waals surface area (Å²) < 4.78 is 0. The first-order chi connectivity index (χ1) is 8.08. The van der Waals surface area contributed by atoms with E-state index in [2.05, 4.69) is 5.32 Å². The summed E-state index contributed by atoms with van der Waals surface area (Å²) in [5, 5.41) is 14.3. The molecule has 3 nitrogen and oxygen atoms in total. The van der Waals surface area contributed by atoms with Gasteiger partial charge in [0.2, 0.25) is 0 Å². The summed E-state index contributed by atoms with van der Waals surface area (Å²) in [6.45, 7) is 3.97. The Morgan fingerprint density at radius 3 is 2.29 bits per heavy atom. The second-order valence-corrected chi connectivity index (χ2v) is 4.35. The molecule has 0 fully saturated rings.